The van der Waals surface area contributed by atoms with E-state index in [-0.39, 0.29) is 11.3 Å². The van der Waals surface area contributed by atoms with Crippen LogP contribution in [0.15, 0.2) is 0 Å². The average Bonchev–Trinajstić information content (AvgIpc) is 2.25. The second-order valence-corrected chi connectivity index (χ2v) is 4.89. The standard InChI is InChI=1S/C12H25N3O2/c1-15(8-9-17-2)7-6-14-11(16)12(10-13)4-3-5-12/h3-10,13H2,1-2H3,(H,14,16). The van der Waals surface area contributed by atoms with Crippen molar-refractivity contribution in [2.45, 2.75) is 19.3 Å². The van der Waals surface area contributed by atoms with Gasteiger partial charge in [0.25, 0.3) is 0 Å². The fourth-order valence-electron chi connectivity index (χ4n) is 2.03. The van der Waals surface area contributed by atoms with E-state index in [0.29, 0.717) is 13.1 Å². The van der Waals surface area contributed by atoms with Crippen molar-refractivity contribution < 1.29 is 9.53 Å². The molecule has 0 bridgehead atoms. The van der Waals surface area contributed by atoms with Gasteiger partial charge in [-0.2, -0.15) is 0 Å². The summed E-state index contributed by atoms with van der Waals surface area (Å²) in [7, 11) is 3.71. The minimum Gasteiger partial charge on any atom is -0.383 e. The van der Waals surface area contributed by atoms with E-state index >= 15 is 0 Å². The van der Waals surface area contributed by atoms with Crippen LogP contribution in [0.5, 0.6) is 0 Å². The Morgan fingerprint density at radius 3 is 2.65 bits per heavy atom. The highest BCUT2D eigenvalue weighted by molar-refractivity contribution is 5.83. The molecule has 0 atom stereocenters. The van der Waals surface area contributed by atoms with Gasteiger partial charge in [-0.15, -0.1) is 0 Å². The molecule has 0 saturated heterocycles. The first-order chi connectivity index (χ1) is 8.14. The van der Waals surface area contributed by atoms with Gasteiger partial charge in [0.15, 0.2) is 0 Å². The first-order valence-electron chi connectivity index (χ1n) is 6.30. The Kier molecular flexibility index (Phi) is 5.88. The number of methoxy groups -OCH3 is 1. The molecule has 0 aliphatic heterocycles. The van der Waals surface area contributed by atoms with Gasteiger partial charge in [-0.1, -0.05) is 6.42 Å². The zero-order chi connectivity index (χ0) is 12.7. The molecule has 0 aromatic carbocycles. The van der Waals surface area contributed by atoms with Crippen molar-refractivity contribution in [3.8, 4) is 0 Å². The zero-order valence-corrected chi connectivity index (χ0v) is 11.0. The van der Waals surface area contributed by atoms with E-state index in [1.54, 1.807) is 7.11 Å². The van der Waals surface area contributed by atoms with Crippen molar-refractivity contribution in [1.29, 1.82) is 0 Å². The number of rotatable bonds is 8. The molecule has 0 unspecified atom stereocenters. The van der Waals surface area contributed by atoms with E-state index in [4.69, 9.17) is 10.5 Å². The summed E-state index contributed by atoms with van der Waals surface area (Å²) in [5.74, 6) is 0.131. The third-order valence-electron chi connectivity index (χ3n) is 3.64. The van der Waals surface area contributed by atoms with E-state index in [1.807, 2.05) is 7.05 Å². The number of nitrogens with two attached hydrogens (primary N) is 1. The van der Waals surface area contributed by atoms with Gasteiger partial charge in [0, 0.05) is 33.3 Å². The minimum absolute atomic E-state index is 0.131. The van der Waals surface area contributed by atoms with Crippen LogP contribution in [0.3, 0.4) is 0 Å². The van der Waals surface area contributed by atoms with Crippen molar-refractivity contribution in [2.24, 2.45) is 11.1 Å². The first kappa shape index (κ1) is 14.4. The number of carbonyl (C=O) groups is 1. The van der Waals surface area contributed by atoms with Crippen LogP contribution >= 0.6 is 0 Å². The van der Waals surface area contributed by atoms with Crippen LogP contribution in [-0.4, -0.2) is 57.8 Å². The molecule has 1 rings (SSSR count). The number of ether oxygens (including phenoxy) is 1. The fraction of sp³-hybridized carbons (Fsp3) is 0.917. The van der Waals surface area contributed by atoms with Crippen LogP contribution in [0, 0.1) is 5.41 Å². The number of nitrogens with one attached hydrogen (secondary N) is 1. The molecular formula is C12H25N3O2. The third-order valence-corrected chi connectivity index (χ3v) is 3.64. The molecule has 0 aromatic rings. The molecule has 1 amide bonds. The van der Waals surface area contributed by atoms with E-state index < -0.39 is 0 Å². The van der Waals surface area contributed by atoms with Crippen LogP contribution in [0.4, 0.5) is 0 Å². The molecule has 5 heteroatoms. The lowest BCUT2D eigenvalue weighted by atomic mass is 9.68. The summed E-state index contributed by atoms with van der Waals surface area (Å²) in [6.07, 6.45) is 3.00. The van der Waals surface area contributed by atoms with Crippen LogP contribution in [0.2, 0.25) is 0 Å². The van der Waals surface area contributed by atoms with E-state index in [1.165, 1.54) is 0 Å². The van der Waals surface area contributed by atoms with Crippen LogP contribution < -0.4 is 11.1 Å². The highest BCUT2D eigenvalue weighted by Crippen LogP contribution is 2.39. The molecule has 0 heterocycles. The van der Waals surface area contributed by atoms with Crippen molar-refractivity contribution in [2.75, 3.05) is 46.9 Å². The van der Waals surface area contributed by atoms with E-state index in [0.717, 1.165) is 39.0 Å². The molecule has 1 aliphatic carbocycles. The summed E-state index contributed by atoms with van der Waals surface area (Å²) in [6.45, 7) is 3.60. The maximum Gasteiger partial charge on any atom is 0.227 e. The van der Waals surface area contributed by atoms with Crippen molar-refractivity contribution in [3.63, 3.8) is 0 Å². The van der Waals surface area contributed by atoms with Gasteiger partial charge in [-0.25, -0.2) is 0 Å². The largest absolute Gasteiger partial charge is 0.383 e. The Labute approximate surface area is 104 Å². The molecule has 0 spiro atoms. The van der Waals surface area contributed by atoms with Crippen LogP contribution in [0.25, 0.3) is 0 Å². The smallest absolute Gasteiger partial charge is 0.227 e. The summed E-state index contributed by atoms with van der Waals surface area (Å²) < 4.78 is 4.99. The second kappa shape index (κ2) is 6.93. The number of hydrogen-bond donors (Lipinski definition) is 2. The molecular weight excluding hydrogens is 218 g/mol. The van der Waals surface area contributed by atoms with Gasteiger partial charge in [-0.05, 0) is 19.9 Å². The molecule has 100 valence electrons. The molecule has 0 radical (unpaired) electrons. The summed E-state index contributed by atoms with van der Waals surface area (Å²) in [6, 6.07) is 0. The van der Waals surface area contributed by atoms with E-state index in [9.17, 15) is 4.79 Å². The lowest BCUT2D eigenvalue weighted by Crippen LogP contribution is -2.51. The van der Waals surface area contributed by atoms with Crippen molar-refractivity contribution in [3.05, 3.63) is 0 Å². The quantitative estimate of drug-likeness (QED) is 0.620. The van der Waals surface area contributed by atoms with Crippen molar-refractivity contribution in [1.82, 2.24) is 10.2 Å². The minimum atomic E-state index is -0.259. The average molecular weight is 243 g/mol. The van der Waals surface area contributed by atoms with Crippen LogP contribution in [-0.2, 0) is 9.53 Å². The summed E-state index contributed by atoms with van der Waals surface area (Å²) in [5, 5.41) is 2.98. The van der Waals surface area contributed by atoms with Crippen LogP contribution in [0.1, 0.15) is 19.3 Å². The fourth-order valence-corrected chi connectivity index (χ4v) is 2.03. The molecule has 1 fully saturated rings. The molecule has 0 aromatic heterocycles. The SMILES string of the molecule is COCCN(C)CCNC(=O)C1(CN)CCC1. The molecule has 1 aliphatic rings. The predicted octanol–water partition coefficient (Wildman–Crippen LogP) is -0.190. The number of hydrogen-bond acceptors (Lipinski definition) is 4. The molecule has 1 saturated carbocycles. The number of nitrogens with zero attached hydrogens (tertiary/aromatic N) is 1. The second-order valence-electron chi connectivity index (χ2n) is 4.89. The maximum atomic E-state index is 11.9. The van der Waals surface area contributed by atoms with E-state index in [2.05, 4.69) is 10.2 Å². The highest BCUT2D eigenvalue weighted by atomic mass is 16.5. The Morgan fingerprint density at radius 2 is 2.18 bits per heavy atom. The summed E-state index contributed by atoms with van der Waals surface area (Å²) in [4.78, 5) is 14.1. The van der Waals surface area contributed by atoms with Gasteiger partial charge in [0.2, 0.25) is 5.91 Å². The number of amides is 1. The third kappa shape index (κ3) is 3.94. The Hall–Kier alpha value is -0.650. The van der Waals surface area contributed by atoms with Gasteiger partial charge >= 0.3 is 0 Å². The Balaban J connectivity index is 2.15. The van der Waals surface area contributed by atoms with Crippen molar-refractivity contribution >= 4 is 5.91 Å². The lowest BCUT2D eigenvalue weighted by Gasteiger charge is -2.39. The van der Waals surface area contributed by atoms with Gasteiger partial charge in [0.05, 0.1) is 12.0 Å². The highest BCUT2D eigenvalue weighted by Gasteiger charge is 2.42. The molecule has 17 heavy (non-hydrogen) atoms. The lowest BCUT2D eigenvalue weighted by molar-refractivity contribution is -0.135. The topological polar surface area (TPSA) is 67.6 Å². The molecule has 3 N–H and O–H groups in total. The van der Waals surface area contributed by atoms with Gasteiger partial charge < -0.3 is 20.7 Å². The van der Waals surface area contributed by atoms with Gasteiger partial charge in [-0.3, -0.25) is 4.79 Å². The maximum absolute atomic E-state index is 11.9. The Bertz CT molecular complexity index is 236. The van der Waals surface area contributed by atoms with Gasteiger partial charge in [0.1, 0.15) is 0 Å². The summed E-state index contributed by atoms with van der Waals surface area (Å²) >= 11 is 0. The number of carbonyl (C=O) groups excluding carboxylic acids is 1. The predicted molar refractivity (Wildman–Crippen MR) is 67.7 cm³/mol. The zero-order valence-electron chi connectivity index (χ0n) is 11.0. The number of likely N-dealkylation sites (N-methyl/N-ethyl adjacent to an activating group) is 1. The normalized spacial score (nSPS) is 17.9. The Morgan fingerprint density at radius 1 is 1.47 bits per heavy atom. The summed E-state index contributed by atoms with van der Waals surface area (Å²) in [5.41, 5.74) is 5.42. The monoisotopic (exact) mass is 243 g/mol. The first-order valence-corrected chi connectivity index (χ1v) is 6.30. The molecule has 5 nitrogen and oxygen atoms in total.